The third kappa shape index (κ3) is 2.52. The first kappa shape index (κ1) is 13.4. The lowest BCUT2D eigenvalue weighted by Gasteiger charge is -2.34. The molecule has 20 heavy (non-hydrogen) atoms. The van der Waals surface area contributed by atoms with Gasteiger partial charge >= 0.3 is 0 Å². The third-order valence-corrected chi connectivity index (χ3v) is 4.47. The minimum absolute atomic E-state index is 0.163. The molecule has 108 valence electrons. The Hall–Kier alpha value is -1.55. The number of rotatable bonds is 4. The van der Waals surface area contributed by atoms with Crippen LogP contribution < -0.4 is 4.74 Å². The first-order chi connectivity index (χ1) is 9.67. The summed E-state index contributed by atoms with van der Waals surface area (Å²) in [5.41, 5.74) is 1.01. The van der Waals surface area contributed by atoms with Crippen molar-refractivity contribution in [2.24, 2.45) is 11.8 Å². The van der Waals surface area contributed by atoms with E-state index in [9.17, 15) is 9.90 Å². The molecule has 4 heteroatoms. The Balaban J connectivity index is 1.56. The van der Waals surface area contributed by atoms with Crippen molar-refractivity contribution in [1.29, 1.82) is 0 Å². The fourth-order valence-corrected chi connectivity index (χ4v) is 3.23. The highest BCUT2D eigenvalue weighted by Crippen LogP contribution is 2.40. The summed E-state index contributed by atoms with van der Waals surface area (Å²) < 4.78 is 5.39. The number of carbonyl (C=O) groups is 1. The minimum Gasteiger partial charge on any atom is -0.494 e. The topological polar surface area (TPSA) is 49.8 Å². The lowest BCUT2D eigenvalue weighted by Crippen LogP contribution is -2.39. The molecule has 3 rings (SSSR count). The maximum atomic E-state index is 12.3. The number of ether oxygens (including phenoxy) is 1. The number of carbonyl (C=O) groups excluding carboxylic acids is 1. The molecular weight excluding hydrogens is 254 g/mol. The van der Waals surface area contributed by atoms with Crippen molar-refractivity contribution in [3.63, 3.8) is 0 Å². The van der Waals surface area contributed by atoms with Crippen molar-refractivity contribution in [1.82, 2.24) is 4.90 Å². The highest BCUT2D eigenvalue weighted by Gasteiger charge is 2.47. The highest BCUT2D eigenvalue weighted by molar-refractivity contribution is 5.79. The number of likely N-dealkylation sites (tertiary alicyclic amines) is 1. The van der Waals surface area contributed by atoms with Gasteiger partial charge in [-0.2, -0.15) is 0 Å². The number of nitrogens with zero attached hydrogens (tertiary/aromatic N) is 1. The SMILES string of the molecule is CCOc1ccc(CC(=O)N2C[C@H]3C[C@@H](O)[C@H]3C2)cc1. The summed E-state index contributed by atoms with van der Waals surface area (Å²) in [7, 11) is 0. The van der Waals surface area contributed by atoms with Gasteiger partial charge in [0.1, 0.15) is 5.75 Å². The quantitative estimate of drug-likeness (QED) is 0.905. The van der Waals surface area contributed by atoms with Crippen molar-refractivity contribution in [2.45, 2.75) is 25.9 Å². The number of aliphatic hydroxyl groups excluding tert-OH is 1. The van der Waals surface area contributed by atoms with Crippen LogP contribution in [0.5, 0.6) is 5.75 Å². The van der Waals surface area contributed by atoms with Crippen molar-refractivity contribution in [3.05, 3.63) is 29.8 Å². The molecule has 2 aliphatic rings. The molecule has 2 fully saturated rings. The van der Waals surface area contributed by atoms with Gasteiger partial charge in [0.15, 0.2) is 0 Å². The average Bonchev–Trinajstić information content (AvgIpc) is 2.79. The average molecular weight is 275 g/mol. The molecule has 1 saturated carbocycles. The number of hydrogen-bond donors (Lipinski definition) is 1. The predicted molar refractivity (Wildman–Crippen MR) is 75.5 cm³/mol. The second kappa shape index (κ2) is 5.44. The Kier molecular flexibility index (Phi) is 3.66. The van der Waals surface area contributed by atoms with Crippen molar-refractivity contribution >= 4 is 5.91 Å². The molecule has 0 radical (unpaired) electrons. The predicted octanol–water partition coefficient (Wildman–Crippen LogP) is 1.47. The summed E-state index contributed by atoms with van der Waals surface area (Å²) in [6.45, 7) is 4.14. The van der Waals surface area contributed by atoms with Crippen LogP contribution in [0.1, 0.15) is 18.9 Å². The first-order valence-corrected chi connectivity index (χ1v) is 7.35. The van der Waals surface area contributed by atoms with Gasteiger partial charge in [0.05, 0.1) is 19.1 Å². The fraction of sp³-hybridized carbons (Fsp3) is 0.562. The molecule has 4 nitrogen and oxygen atoms in total. The van der Waals surface area contributed by atoms with Crippen LogP contribution in [0.15, 0.2) is 24.3 Å². The van der Waals surface area contributed by atoms with Gasteiger partial charge in [-0.1, -0.05) is 12.1 Å². The van der Waals surface area contributed by atoms with Crippen LogP contribution in [-0.4, -0.2) is 41.7 Å². The molecule has 1 saturated heterocycles. The van der Waals surface area contributed by atoms with E-state index in [1.807, 2.05) is 36.1 Å². The van der Waals surface area contributed by atoms with E-state index in [2.05, 4.69) is 0 Å². The lowest BCUT2D eigenvalue weighted by molar-refractivity contribution is -0.129. The van der Waals surface area contributed by atoms with Gasteiger partial charge in [0.25, 0.3) is 0 Å². The van der Waals surface area contributed by atoms with Crippen LogP contribution in [0.4, 0.5) is 0 Å². The second-order valence-electron chi connectivity index (χ2n) is 5.78. The number of amides is 1. The van der Waals surface area contributed by atoms with Gasteiger partial charge < -0.3 is 14.7 Å². The molecule has 1 aromatic carbocycles. The number of benzene rings is 1. The van der Waals surface area contributed by atoms with Gasteiger partial charge in [0, 0.05) is 19.0 Å². The Bertz CT molecular complexity index is 485. The van der Waals surface area contributed by atoms with Gasteiger partial charge in [-0.3, -0.25) is 4.79 Å². The van der Waals surface area contributed by atoms with Crippen LogP contribution in [0.2, 0.25) is 0 Å². The molecule has 1 aliphatic heterocycles. The van der Waals surface area contributed by atoms with E-state index in [-0.39, 0.29) is 12.0 Å². The van der Waals surface area contributed by atoms with E-state index < -0.39 is 0 Å². The molecule has 1 heterocycles. The van der Waals surface area contributed by atoms with E-state index in [1.54, 1.807) is 0 Å². The van der Waals surface area contributed by atoms with Crippen LogP contribution in [-0.2, 0) is 11.2 Å². The highest BCUT2D eigenvalue weighted by atomic mass is 16.5. The van der Waals surface area contributed by atoms with Crippen LogP contribution in [0, 0.1) is 11.8 Å². The third-order valence-electron chi connectivity index (χ3n) is 4.47. The van der Waals surface area contributed by atoms with E-state index in [0.717, 1.165) is 30.8 Å². The summed E-state index contributed by atoms with van der Waals surface area (Å²) in [6, 6.07) is 7.71. The Morgan fingerprint density at radius 1 is 1.35 bits per heavy atom. The molecule has 0 unspecified atom stereocenters. The molecule has 1 N–H and O–H groups in total. The lowest BCUT2D eigenvalue weighted by atomic mass is 9.74. The smallest absolute Gasteiger partial charge is 0.227 e. The molecule has 0 bridgehead atoms. The van der Waals surface area contributed by atoms with E-state index in [4.69, 9.17) is 4.74 Å². The second-order valence-corrected chi connectivity index (χ2v) is 5.78. The summed E-state index contributed by atoms with van der Waals surface area (Å²) in [5.74, 6) is 1.84. The van der Waals surface area contributed by atoms with Crippen LogP contribution in [0.25, 0.3) is 0 Å². The summed E-state index contributed by atoms with van der Waals surface area (Å²) in [5, 5.41) is 9.64. The number of hydrogen-bond acceptors (Lipinski definition) is 3. The van der Waals surface area contributed by atoms with E-state index >= 15 is 0 Å². The molecule has 3 atom stereocenters. The molecule has 1 amide bonds. The number of fused-ring (bicyclic) bond motifs is 1. The zero-order chi connectivity index (χ0) is 14.1. The zero-order valence-corrected chi connectivity index (χ0v) is 11.8. The molecule has 0 aromatic heterocycles. The monoisotopic (exact) mass is 275 g/mol. The van der Waals surface area contributed by atoms with Gasteiger partial charge in [0.2, 0.25) is 5.91 Å². The fourth-order valence-electron chi connectivity index (χ4n) is 3.23. The minimum atomic E-state index is -0.191. The Morgan fingerprint density at radius 2 is 2.10 bits per heavy atom. The van der Waals surface area contributed by atoms with Crippen molar-refractivity contribution < 1.29 is 14.6 Å². The van der Waals surface area contributed by atoms with Crippen LogP contribution in [0.3, 0.4) is 0 Å². The Morgan fingerprint density at radius 3 is 2.70 bits per heavy atom. The number of aliphatic hydroxyl groups is 1. The zero-order valence-electron chi connectivity index (χ0n) is 11.8. The van der Waals surface area contributed by atoms with Gasteiger partial charge in [-0.05, 0) is 37.0 Å². The van der Waals surface area contributed by atoms with E-state index in [0.29, 0.717) is 24.9 Å². The van der Waals surface area contributed by atoms with Crippen molar-refractivity contribution in [3.8, 4) is 5.75 Å². The van der Waals surface area contributed by atoms with Gasteiger partial charge in [-0.25, -0.2) is 0 Å². The first-order valence-electron chi connectivity index (χ1n) is 7.35. The largest absolute Gasteiger partial charge is 0.494 e. The Labute approximate surface area is 119 Å². The molecule has 1 aliphatic carbocycles. The maximum Gasteiger partial charge on any atom is 0.227 e. The summed E-state index contributed by atoms with van der Waals surface area (Å²) in [4.78, 5) is 14.2. The van der Waals surface area contributed by atoms with Gasteiger partial charge in [-0.15, -0.1) is 0 Å². The normalized spacial score (nSPS) is 27.9. The molecule has 0 spiro atoms. The summed E-state index contributed by atoms with van der Waals surface area (Å²) >= 11 is 0. The van der Waals surface area contributed by atoms with Crippen LogP contribution >= 0.6 is 0 Å². The van der Waals surface area contributed by atoms with E-state index in [1.165, 1.54) is 0 Å². The standard InChI is InChI=1S/C16H21NO3/c1-2-20-13-5-3-11(4-6-13)7-16(19)17-9-12-8-15(18)14(12)10-17/h3-6,12,14-15,18H,2,7-10H2,1H3/t12-,14+,15-/m1/s1. The molecular formula is C16H21NO3. The van der Waals surface area contributed by atoms with Crippen molar-refractivity contribution in [2.75, 3.05) is 19.7 Å². The molecule has 1 aromatic rings. The maximum absolute atomic E-state index is 12.3. The summed E-state index contributed by atoms with van der Waals surface area (Å²) in [6.07, 6.45) is 1.10.